The van der Waals surface area contributed by atoms with Gasteiger partial charge in [-0.2, -0.15) is 0 Å². The Hall–Kier alpha value is -2.37. The van der Waals surface area contributed by atoms with Crippen LogP contribution in [-0.4, -0.2) is 37.2 Å². The van der Waals surface area contributed by atoms with Crippen LogP contribution in [0.1, 0.15) is 271 Å². The molecular weight excluding hydrogens is 745 g/mol. The molecule has 0 saturated heterocycles. The van der Waals surface area contributed by atoms with Gasteiger partial charge in [0, 0.05) is 19.3 Å². The number of ether oxygens (including phenoxy) is 3. The number of hydrogen-bond acceptors (Lipinski definition) is 6. The minimum atomic E-state index is -0.777. The predicted molar refractivity (Wildman–Crippen MR) is 256 cm³/mol. The van der Waals surface area contributed by atoms with Gasteiger partial charge in [0.1, 0.15) is 13.2 Å². The molecule has 0 aliphatic rings. The van der Waals surface area contributed by atoms with E-state index in [1.165, 1.54) is 148 Å². The summed E-state index contributed by atoms with van der Waals surface area (Å²) in [6.45, 7) is 6.59. The topological polar surface area (TPSA) is 78.9 Å². The highest BCUT2D eigenvalue weighted by Crippen LogP contribution is 2.15. The van der Waals surface area contributed by atoms with Crippen molar-refractivity contribution in [3.05, 3.63) is 36.5 Å². The number of hydrogen-bond donors (Lipinski definition) is 0. The normalized spacial score (nSPS) is 12.2. The SMILES string of the molecule is CCCCC/C=C\C/C=C\CCCCCCCC(=O)OCC(COC(=O)CCCCCCC/C=C\CCCCC)OC(=O)CCCCCCCCCCCCCCCCC. The van der Waals surface area contributed by atoms with E-state index in [0.29, 0.717) is 19.3 Å². The lowest BCUT2D eigenvalue weighted by Gasteiger charge is -2.18. The number of esters is 3. The molecule has 0 fully saturated rings. The van der Waals surface area contributed by atoms with E-state index in [1.54, 1.807) is 0 Å². The highest BCUT2D eigenvalue weighted by atomic mass is 16.6. The third kappa shape index (κ3) is 46.7. The Morgan fingerprint density at radius 2 is 0.600 bits per heavy atom. The number of carbonyl (C=O) groups excluding carboxylic acids is 3. The van der Waals surface area contributed by atoms with Crippen LogP contribution in [0.25, 0.3) is 0 Å². The van der Waals surface area contributed by atoms with Crippen molar-refractivity contribution in [2.24, 2.45) is 0 Å². The second-order valence-corrected chi connectivity index (χ2v) is 17.4. The average Bonchev–Trinajstić information content (AvgIpc) is 3.24. The summed E-state index contributed by atoms with van der Waals surface area (Å²) >= 11 is 0. The van der Waals surface area contributed by atoms with Gasteiger partial charge in [0.2, 0.25) is 0 Å². The quantitative estimate of drug-likeness (QED) is 0.0263. The van der Waals surface area contributed by atoms with Crippen molar-refractivity contribution >= 4 is 17.9 Å². The van der Waals surface area contributed by atoms with Gasteiger partial charge in [-0.05, 0) is 77.0 Å². The van der Waals surface area contributed by atoms with E-state index in [4.69, 9.17) is 14.2 Å². The number of rotatable bonds is 47. The summed E-state index contributed by atoms with van der Waals surface area (Å²) in [6, 6.07) is 0. The van der Waals surface area contributed by atoms with E-state index >= 15 is 0 Å². The van der Waals surface area contributed by atoms with E-state index in [-0.39, 0.29) is 31.1 Å². The second kappa shape index (κ2) is 49.3. The molecule has 0 aliphatic heterocycles. The molecule has 350 valence electrons. The zero-order chi connectivity index (χ0) is 43.7. The standard InChI is InChI=1S/C54H98O6/c1-4-7-10-13-16-19-22-25-27-29-32-35-38-41-44-47-53(56)59-50-51(49-58-52(55)46-43-40-37-34-31-24-21-18-15-12-9-6-3)60-54(57)48-45-42-39-36-33-30-28-26-23-20-17-14-11-8-5-2/h16,18-19,21,25,27,51H,4-15,17,20,22-24,26,28-50H2,1-3H3/b19-16-,21-18-,27-25-. The van der Waals surface area contributed by atoms with Gasteiger partial charge in [0.05, 0.1) is 0 Å². The van der Waals surface area contributed by atoms with Gasteiger partial charge in [0.15, 0.2) is 6.10 Å². The Labute approximate surface area is 372 Å². The summed E-state index contributed by atoms with van der Waals surface area (Å²) in [5.41, 5.74) is 0. The van der Waals surface area contributed by atoms with Crippen LogP contribution >= 0.6 is 0 Å². The van der Waals surface area contributed by atoms with Crippen LogP contribution in [0.15, 0.2) is 36.5 Å². The van der Waals surface area contributed by atoms with Crippen molar-refractivity contribution in [2.75, 3.05) is 13.2 Å². The molecule has 6 nitrogen and oxygen atoms in total. The van der Waals surface area contributed by atoms with Gasteiger partial charge in [-0.15, -0.1) is 0 Å². The molecule has 0 aromatic heterocycles. The fourth-order valence-electron chi connectivity index (χ4n) is 7.41. The Morgan fingerprint density at radius 1 is 0.333 bits per heavy atom. The fourth-order valence-corrected chi connectivity index (χ4v) is 7.41. The Morgan fingerprint density at radius 3 is 0.967 bits per heavy atom. The first-order valence-corrected chi connectivity index (χ1v) is 26.0. The molecule has 0 saturated carbocycles. The van der Waals surface area contributed by atoms with Crippen LogP contribution in [0.4, 0.5) is 0 Å². The van der Waals surface area contributed by atoms with Crippen molar-refractivity contribution in [1.29, 1.82) is 0 Å². The molecule has 0 aliphatic carbocycles. The summed E-state index contributed by atoms with van der Waals surface area (Å²) in [5, 5.41) is 0. The summed E-state index contributed by atoms with van der Waals surface area (Å²) in [6.07, 6.45) is 56.9. The van der Waals surface area contributed by atoms with Gasteiger partial charge in [-0.25, -0.2) is 0 Å². The van der Waals surface area contributed by atoms with Gasteiger partial charge >= 0.3 is 17.9 Å². The van der Waals surface area contributed by atoms with Crippen LogP contribution in [0.5, 0.6) is 0 Å². The maximum absolute atomic E-state index is 12.8. The predicted octanol–water partition coefficient (Wildman–Crippen LogP) is 16.9. The van der Waals surface area contributed by atoms with Crippen molar-refractivity contribution in [3.63, 3.8) is 0 Å². The minimum absolute atomic E-state index is 0.0784. The number of carbonyl (C=O) groups is 3. The number of allylic oxidation sites excluding steroid dienone is 6. The summed E-state index contributed by atoms with van der Waals surface area (Å²) < 4.78 is 16.8. The first-order valence-electron chi connectivity index (χ1n) is 26.0. The molecule has 0 aromatic carbocycles. The summed E-state index contributed by atoms with van der Waals surface area (Å²) in [5.74, 6) is -0.890. The minimum Gasteiger partial charge on any atom is -0.462 e. The molecule has 1 unspecified atom stereocenters. The maximum atomic E-state index is 12.8. The van der Waals surface area contributed by atoms with Crippen LogP contribution in [0.3, 0.4) is 0 Å². The molecular formula is C54H98O6. The first-order chi connectivity index (χ1) is 29.5. The lowest BCUT2D eigenvalue weighted by Crippen LogP contribution is -2.30. The molecule has 0 spiro atoms. The maximum Gasteiger partial charge on any atom is 0.306 e. The van der Waals surface area contributed by atoms with Crippen LogP contribution < -0.4 is 0 Å². The lowest BCUT2D eigenvalue weighted by atomic mass is 10.0. The molecule has 0 heterocycles. The third-order valence-corrected chi connectivity index (χ3v) is 11.4. The van der Waals surface area contributed by atoms with E-state index in [2.05, 4.69) is 57.2 Å². The van der Waals surface area contributed by atoms with Gasteiger partial charge in [-0.3, -0.25) is 14.4 Å². The fraction of sp³-hybridized carbons (Fsp3) is 0.833. The molecule has 0 aromatic rings. The van der Waals surface area contributed by atoms with Crippen molar-refractivity contribution in [3.8, 4) is 0 Å². The molecule has 1 atom stereocenters. The Kier molecular flexibility index (Phi) is 47.3. The lowest BCUT2D eigenvalue weighted by molar-refractivity contribution is -0.167. The Bertz CT molecular complexity index is 1020. The zero-order valence-electron chi connectivity index (χ0n) is 40.0. The van der Waals surface area contributed by atoms with E-state index in [9.17, 15) is 14.4 Å². The van der Waals surface area contributed by atoms with Gasteiger partial charge in [-0.1, -0.05) is 211 Å². The van der Waals surface area contributed by atoms with Crippen molar-refractivity contribution in [2.45, 2.75) is 277 Å². The highest BCUT2D eigenvalue weighted by Gasteiger charge is 2.19. The average molecular weight is 843 g/mol. The van der Waals surface area contributed by atoms with E-state index in [0.717, 1.165) is 83.5 Å². The van der Waals surface area contributed by atoms with Gasteiger partial charge in [0.25, 0.3) is 0 Å². The Balaban J connectivity index is 4.38. The monoisotopic (exact) mass is 843 g/mol. The zero-order valence-corrected chi connectivity index (χ0v) is 40.0. The van der Waals surface area contributed by atoms with Crippen molar-refractivity contribution in [1.82, 2.24) is 0 Å². The van der Waals surface area contributed by atoms with E-state index in [1.807, 2.05) is 0 Å². The molecule has 0 rings (SSSR count). The molecule has 0 radical (unpaired) electrons. The smallest absolute Gasteiger partial charge is 0.306 e. The van der Waals surface area contributed by atoms with Crippen LogP contribution in [0, 0.1) is 0 Å². The summed E-state index contributed by atoms with van der Waals surface area (Å²) in [7, 11) is 0. The molecule has 60 heavy (non-hydrogen) atoms. The number of unbranched alkanes of at least 4 members (excludes halogenated alkanes) is 30. The van der Waals surface area contributed by atoms with Gasteiger partial charge < -0.3 is 14.2 Å². The largest absolute Gasteiger partial charge is 0.462 e. The molecule has 0 N–H and O–H groups in total. The summed E-state index contributed by atoms with van der Waals surface area (Å²) in [4.78, 5) is 37.9. The molecule has 0 amide bonds. The third-order valence-electron chi connectivity index (χ3n) is 11.4. The molecule has 6 heteroatoms. The van der Waals surface area contributed by atoms with Crippen LogP contribution in [-0.2, 0) is 28.6 Å². The van der Waals surface area contributed by atoms with Crippen molar-refractivity contribution < 1.29 is 28.6 Å². The molecule has 0 bridgehead atoms. The second-order valence-electron chi connectivity index (χ2n) is 17.4. The van der Waals surface area contributed by atoms with E-state index < -0.39 is 6.10 Å². The van der Waals surface area contributed by atoms with Crippen LogP contribution in [0.2, 0.25) is 0 Å². The first kappa shape index (κ1) is 57.6. The highest BCUT2D eigenvalue weighted by molar-refractivity contribution is 5.71.